The first-order valence-electron chi connectivity index (χ1n) is 7.03. The summed E-state index contributed by atoms with van der Waals surface area (Å²) in [5.74, 6) is -0.601. The average molecular weight is 352 g/mol. The summed E-state index contributed by atoms with van der Waals surface area (Å²) in [6, 6.07) is 14.2. The zero-order valence-electron chi connectivity index (χ0n) is 12.6. The van der Waals surface area contributed by atoms with E-state index in [2.05, 4.69) is 9.97 Å². The molecule has 8 heteroatoms. The molecule has 2 aromatic carbocycles. The van der Waals surface area contributed by atoms with E-state index in [-0.39, 0.29) is 16.3 Å². The van der Waals surface area contributed by atoms with Crippen molar-refractivity contribution in [2.24, 2.45) is 0 Å². The van der Waals surface area contributed by atoms with Crippen molar-refractivity contribution < 1.29 is 12.8 Å². The number of hydrogen-bond donors (Lipinski definition) is 0. The molecule has 3 rings (SSSR count). The lowest BCUT2D eigenvalue weighted by Gasteiger charge is -2.12. The average Bonchev–Trinajstić information content (AvgIpc) is 2.62. The van der Waals surface area contributed by atoms with Crippen LogP contribution in [0.3, 0.4) is 0 Å². The lowest BCUT2D eigenvalue weighted by molar-refractivity contribution is 0.589. The highest BCUT2D eigenvalue weighted by Crippen LogP contribution is 2.30. The molecule has 0 aliphatic carbocycles. The summed E-state index contributed by atoms with van der Waals surface area (Å²) < 4.78 is 38.6. The van der Waals surface area contributed by atoms with Crippen LogP contribution in [0.2, 0.25) is 0 Å². The van der Waals surface area contributed by atoms with Crippen LogP contribution in [0.25, 0.3) is 11.0 Å². The van der Waals surface area contributed by atoms with Gasteiger partial charge in [-0.3, -0.25) is 0 Å². The maximum atomic E-state index is 13.0. The van der Waals surface area contributed by atoms with Crippen molar-refractivity contribution in [3.63, 3.8) is 0 Å². The maximum absolute atomic E-state index is 13.0. The molecule has 0 saturated heterocycles. The second kappa shape index (κ2) is 6.27. The summed E-state index contributed by atoms with van der Waals surface area (Å²) in [4.78, 5) is 8.01. The van der Waals surface area contributed by atoms with Gasteiger partial charge in [0.05, 0.1) is 22.0 Å². The highest BCUT2D eigenvalue weighted by Gasteiger charge is 2.33. The van der Waals surface area contributed by atoms with Crippen LogP contribution in [0.15, 0.2) is 53.4 Å². The molecular formula is C17H9FN4O2S. The van der Waals surface area contributed by atoms with Crippen molar-refractivity contribution in [2.45, 2.75) is 10.1 Å². The number of rotatable bonds is 3. The van der Waals surface area contributed by atoms with Crippen LogP contribution in [-0.2, 0) is 9.84 Å². The van der Waals surface area contributed by atoms with Crippen LogP contribution in [0.1, 0.15) is 16.6 Å². The number of nitriles is 2. The number of fused-ring (bicyclic) bond motifs is 1. The molecule has 122 valence electrons. The standard InChI is InChI=1S/C17H9FN4O2S/c18-11-5-7-12(8-6-11)25(23,24)16(10-20)17-15(9-19)21-13-3-1-2-4-14(13)22-17/h1-8,16H/t16-/m0/s1. The predicted molar refractivity (Wildman–Crippen MR) is 86.2 cm³/mol. The molecular weight excluding hydrogens is 343 g/mol. The number of nitrogens with zero attached hydrogens (tertiary/aromatic N) is 4. The lowest BCUT2D eigenvalue weighted by Crippen LogP contribution is -2.16. The highest BCUT2D eigenvalue weighted by atomic mass is 32.2. The quantitative estimate of drug-likeness (QED) is 0.671. The third-order valence-corrected chi connectivity index (χ3v) is 5.40. The van der Waals surface area contributed by atoms with Crippen molar-refractivity contribution in [1.82, 2.24) is 9.97 Å². The van der Waals surface area contributed by atoms with Crippen molar-refractivity contribution in [3.8, 4) is 12.1 Å². The Morgan fingerprint density at radius 3 is 2.12 bits per heavy atom. The van der Waals surface area contributed by atoms with Gasteiger partial charge in [-0.1, -0.05) is 12.1 Å². The van der Waals surface area contributed by atoms with E-state index in [9.17, 15) is 23.3 Å². The first kappa shape index (κ1) is 16.5. The summed E-state index contributed by atoms with van der Waals surface area (Å²) in [5, 5.41) is 17.0. The Kier molecular flexibility index (Phi) is 4.14. The zero-order valence-corrected chi connectivity index (χ0v) is 13.4. The molecule has 0 aliphatic rings. The van der Waals surface area contributed by atoms with Crippen LogP contribution >= 0.6 is 0 Å². The topological polar surface area (TPSA) is 108 Å². The smallest absolute Gasteiger partial charge is 0.200 e. The minimum atomic E-state index is -4.20. The minimum absolute atomic E-state index is 0.237. The van der Waals surface area contributed by atoms with E-state index < -0.39 is 20.9 Å². The molecule has 6 nitrogen and oxygen atoms in total. The fourth-order valence-electron chi connectivity index (χ4n) is 2.32. The molecule has 3 aromatic rings. The first-order chi connectivity index (χ1) is 12.0. The maximum Gasteiger partial charge on any atom is 0.200 e. The molecule has 25 heavy (non-hydrogen) atoms. The van der Waals surface area contributed by atoms with Crippen molar-refractivity contribution in [3.05, 3.63) is 65.7 Å². The van der Waals surface area contributed by atoms with Crippen LogP contribution < -0.4 is 0 Å². The summed E-state index contributed by atoms with van der Waals surface area (Å²) in [6.45, 7) is 0. The molecule has 0 aliphatic heterocycles. The van der Waals surface area contributed by atoms with Crippen LogP contribution in [0.4, 0.5) is 4.39 Å². The van der Waals surface area contributed by atoms with Gasteiger partial charge in [0.25, 0.3) is 0 Å². The van der Waals surface area contributed by atoms with Gasteiger partial charge in [-0.15, -0.1) is 0 Å². The number of sulfone groups is 1. The zero-order chi connectivity index (χ0) is 18.0. The Bertz CT molecular complexity index is 1150. The molecule has 0 saturated carbocycles. The summed E-state index contributed by atoms with van der Waals surface area (Å²) >= 11 is 0. The Hall–Kier alpha value is -3.36. The van der Waals surface area contributed by atoms with Gasteiger partial charge >= 0.3 is 0 Å². The van der Waals surface area contributed by atoms with Gasteiger partial charge in [0.15, 0.2) is 10.9 Å². The summed E-state index contributed by atoms with van der Waals surface area (Å²) in [5.41, 5.74) is 0.300. The van der Waals surface area contributed by atoms with Gasteiger partial charge in [0.1, 0.15) is 17.6 Å². The minimum Gasteiger partial charge on any atom is -0.246 e. The molecule has 0 amide bonds. The lowest BCUT2D eigenvalue weighted by atomic mass is 10.2. The molecule has 1 atom stereocenters. The Morgan fingerprint density at radius 2 is 1.56 bits per heavy atom. The Labute approximate surface area is 142 Å². The SMILES string of the molecule is N#Cc1nc2ccccc2nc1[C@H](C#N)S(=O)(=O)c1ccc(F)cc1. The fourth-order valence-corrected chi connectivity index (χ4v) is 3.70. The third kappa shape index (κ3) is 2.91. The van der Waals surface area contributed by atoms with Crippen LogP contribution in [0.5, 0.6) is 0 Å². The molecule has 0 spiro atoms. The van der Waals surface area contributed by atoms with E-state index >= 15 is 0 Å². The number of hydrogen-bond acceptors (Lipinski definition) is 6. The van der Waals surface area contributed by atoms with Crippen molar-refractivity contribution >= 4 is 20.9 Å². The monoisotopic (exact) mass is 352 g/mol. The molecule has 0 radical (unpaired) electrons. The van der Waals surface area contributed by atoms with Crippen molar-refractivity contribution in [2.75, 3.05) is 0 Å². The second-order valence-corrected chi connectivity index (χ2v) is 7.10. The number of para-hydroxylation sites is 2. The van der Waals surface area contributed by atoms with E-state index in [1.807, 2.05) is 0 Å². The normalized spacial score (nSPS) is 12.3. The van der Waals surface area contributed by atoms with Gasteiger partial charge < -0.3 is 0 Å². The van der Waals surface area contributed by atoms with Gasteiger partial charge in [-0.05, 0) is 36.4 Å². The van der Waals surface area contributed by atoms with E-state index in [0.717, 1.165) is 24.3 Å². The molecule has 0 fully saturated rings. The predicted octanol–water partition coefficient (Wildman–Crippen LogP) is 2.68. The third-order valence-electron chi connectivity index (χ3n) is 3.52. The molecule has 1 heterocycles. The molecule has 0 unspecified atom stereocenters. The van der Waals surface area contributed by atoms with E-state index in [1.54, 1.807) is 36.4 Å². The largest absolute Gasteiger partial charge is 0.246 e. The number of aromatic nitrogens is 2. The Balaban J connectivity index is 2.22. The van der Waals surface area contributed by atoms with Crippen LogP contribution in [-0.4, -0.2) is 18.4 Å². The number of halogens is 1. The van der Waals surface area contributed by atoms with E-state index in [1.165, 1.54) is 0 Å². The fraction of sp³-hybridized carbons (Fsp3) is 0.0588. The molecule has 0 bridgehead atoms. The summed E-state index contributed by atoms with van der Waals surface area (Å²) in [7, 11) is -4.20. The highest BCUT2D eigenvalue weighted by molar-refractivity contribution is 7.92. The molecule has 0 N–H and O–H groups in total. The van der Waals surface area contributed by atoms with Gasteiger partial charge in [-0.25, -0.2) is 22.8 Å². The summed E-state index contributed by atoms with van der Waals surface area (Å²) in [6.07, 6.45) is 0. The second-order valence-electron chi connectivity index (χ2n) is 5.07. The van der Waals surface area contributed by atoms with Crippen molar-refractivity contribution in [1.29, 1.82) is 10.5 Å². The Morgan fingerprint density at radius 1 is 0.960 bits per heavy atom. The van der Waals surface area contributed by atoms with Gasteiger partial charge in [0.2, 0.25) is 9.84 Å². The van der Waals surface area contributed by atoms with Gasteiger partial charge in [-0.2, -0.15) is 10.5 Å². The van der Waals surface area contributed by atoms with E-state index in [4.69, 9.17) is 0 Å². The first-order valence-corrected chi connectivity index (χ1v) is 8.58. The van der Waals surface area contributed by atoms with Gasteiger partial charge in [0, 0.05) is 0 Å². The molecule has 1 aromatic heterocycles. The van der Waals surface area contributed by atoms with Crippen LogP contribution in [0, 0.1) is 28.5 Å². The van der Waals surface area contributed by atoms with E-state index in [0.29, 0.717) is 11.0 Å². The number of benzene rings is 2.